The number of anilines is 1. The highest BCUT2D eigenvalue weighted by Crippen LogP contribution is 2.18. The Labute approximate surface area is 189 Å². The number of nitrogens with zero attached hydrogens (tertiary/aromatic N) is 4. The first-order valence-corrected chi connectivity index (χ1v) is 11.2. The van der Waals surface area contributed by atoms with E-state index in [1.54, 1.807) is 45.6 Å². The molecule has 0 unspecified atom stereocenters. The minimum Gasteiger partial charge on any atom is -0.339 e. The van der Waals surface area contributed by atoms with Gasteiger partial charge in [-0.15, -0.1) is 11.3 Å². The van der Waals surface area contributed by atoms with Gasteiger partial charge in [0.05, 0.1) is 18.5 Å². The molecular formula is C23H23N5O3S. The van der Waals surface area contributed by atoms with E-state index in [0.29, 0.717) is 42.6 Å². The monoisotopic (exact) mass is 449 g/mol. The number of aromatic nitrogens is 2. The molecule has 0 radical (unpaired) electrons. The van der Waals surface area contributed by atoms with Gasteiger partial charge in [0.15, 0.2) is 5.13 Å². The van der Waals surface area contributed by atoms with Gasteiger partial charge in [-0.1, -0.05) is 24.3 Å². The number of hydrogen-bond acceptors (Lipinski definition) is 6. The van der Waals surface area contributed by atoms with E-state index in [-0.39, 0.29) is 30.6 Å². The van der Waals surface area contributed by atoms with Gasteiger partial charge < -0.3 is 9.80 Å². The minimum atomic E-state index is -0.232. The van der Waals surface area contributed by atoms with Gasteiger partial charge in [0.1, 0.15) is 0 Å². The van der Waals surface area contributed by atoms with Gasteiger partial charge in [0.2, 0.25) is 11.8 Å². The third kappa shape index (κ3) is 5.55. The molecule has 3 amide bonds. The predicted molar refractivity (Wildman–Crippen MR) is 121 cm³/mol. The molecule has 2 aromatic heterocycles. The summed E-state index contributed by atoms with van der Waals surface area (Å²) in [5, 5.41) is 5.01. The third-order valence-corrected chi connectivity index (χ3v) is 5.99. The second-order valence-electron chi connectivity index (χ2n) is 7.40. The molecule has 1 N–H and O–H groups in total. The first kappa shape index (κ1) is 21.6. The SMILES string of the molecule is O=C(Nc1nc(CC(=O)N2CCN(C(=O)Cc3ccccn3)CC2)cs1)c1ccccc1. The highest BCUT2D eigenvalue weighted by atomic mass is 32.1. The minimum absolute atomic E-state index is 0.0223. The molecule has 4 rings (SSSR count). The summed E-state index contributed by atoms with van der Waals surface area (Å²) in [5.41, 5.74) is 1.92. The number of pyridine rings is 1. The molecule has 0 spiro atoms. The summed E-state index contributed by atoms with van der Waals surface area (Å²) < 4.78 is 0. The zero-order valence-corrected chi connectivity index (χ0v) is 18.3. The van der Waals surface area contributed by atoms with Gasteiger partial charge in [0.25, 0.3) is 5.91 Å². The molecule has 0 bridgehead atoms. The van der Waals surface area contributed by atoms with Crippen molar-refractivity contribution in [3.05, 3.63) is 77.1 Å². The first-order chi connectivity index (χ1) is 15.6. The zero-order valence-electron chi connectivity index (χ0n) is 17.4. The van der Waals surface area contributed by atoms with Gasteiger partial charge in [0, 0.05) is 49.0 Å². The fourth-order valence-electron chi connectivity index (χ4n) is 3.45. The Morgan fingerprint density at radius 1 is 0.844 bits per heavy atom. The maximum atomic E-state index is 12.7. The molecular weight excluding hydrogens is 426 g/mol. The van der Waals surface area contributed by atoms with E-state index in [0.717, 1.165) is 5.69 Å². The van der Waals surface area contributed by atoms with Crippen LogP contribution in [0.1, 0.15) is 21.7 Å². The van der Waals surface area contributed by atoms with Crippen LogP contribution in [0, 0.1) is 0 Å². The summed E-state index contributed by atoms with van der Waals surface area (Å²) in [6.07, 6.45) is 2.11. The lowest BCUT2D eigenvalue weighted by Gasteiger charge is -2.34. The van der Waals surface area contributed by atoms with Crippen molar-refractivity contribution in [1.29, 1.82) is 0 Å². The van der Waals surface area contributed by atoms with Crippen molar-refractivity contribution in [2.24, 2.45) is 0 Å². The van der Waals surface area contributed by atoms with Crippen molar-refractivity contribution < 1.29 is 14.4 Å². The number of hydrogen-bond donors (Lipinski definition) is 1. The third-order valence-electron chi connectivity index (χ3n) is 5.18. The Bertz CT molecular complexity index is 1080. The van der Waals surface area contributed by atoms with Crippen molar-refractivity contribution in [2.75, 3.05) is 31.5 Å². The first-order valence-electron chi connectivity index (χ1n) is 10.3. The number of nitrogens with one attached hydrogen (secondary N) is 1. The van der Waals surface area contributed by atoms with Crippen LogP contribution in [0.4, 0.5) is 5.13 Å². The van der Waals surface area contributed by atoms with Gasteiger partial charge >= 0.3 is 0 Å². The van der Waals surface area contributed by atoms with Gasteiger partial charge in [-0.25, -0.2) is 4.98 Å². The van der Waals surface area contributed by atoms with Crippen LogP contribution in [0.15, 0.2) is 60.1 Å². The van der Waals surface area contributed by atoms with E-state index in [1.165, 1.54) is 11.3 Å². The van der Waals surface area contributed by atoms with Gasteiger partial charge in [-0.3, -0.25) is 24.7 Å². The van der Waals surface area contributed by atoms with Crippen LogP contribution in [-0.2, 0) is 22.4 Å². The number of piperazine rings is 1. The fraction of sp³-hybridized carbons (Fsp3) is 0.261. The Balaban J connectivity index is 1.25. The van der Waals surface area contributed by atoms with Crippen LogP contribution in [0.5, 0.6) is 0 Å². The van der Waals surface area contributed by atoms with E-state index in [9.17, 15) is 14.4 Å². The Morgan fingerprint density at radius 2 is 1.47 bits per heavy atom. The molecule has 1 aliphatic heterocycles. The molecule has 0 saturated carbocycles. The summed E-state index contributed by atoms with van der Waals surface area (Å²) in [6.45, 7) is 2.00. The molecule has 3 aromatic rings. The number of amides is 3. The largest absolute Gasteiger partial charge is 0.339 e. The normalized spacial score (nSPS) is 13.6. The van der Waals surface area contributed by atoms with Crippen LogP contribution >= 0.6 is 11.3 Å². The predicted octanol–water partition coefficient (Wildman–Crippen LogP) is 2.25. The number of carbonyl (C=O) groups is 3. The highest BCUT2D eigenvalue weighted by Gasteiger charge is 2.25. The molecule has 1 fully saturated rings. The lowest BCUT2D eigenvalue weighted by Crippen LogP contribution is -2.51. The number of thiazole rings is 1. The number of benzene rings is 1. The second kappa shape index (κ2) is 10.1. The molecule has 0 atom stereocenters. The van der Waals surface area contributed by atoms with Crippen molar-refractivity contribution in [3.8, 4) is 0 Å². The van der Waals surface area contributed by atoms with E-state index >= 15 is 0 Å². The summed E-state index contributed by atoms with van der Waals surface area (Å²) in [4.78, 5) is 49.5. The molecule has 1 aromatic carbocycles. The van der Waals surface area contributed by atoms with E-state index in [4.69, 9.17) is 0 Å². The Hall–Kier alpha value is -3.59. The van der Waals surface area contributed by atoms with E-state index < -0.39 is 0 Å². The molecule has 8 nitrogen and oxygen atoms in total. The summed E-state index contributed by atoms with van der Waals surface area (Å²) >= 11 is 1.29. The maximum Gasteiger partial charge on any atom is 0.257 e. The summed E-state index contributed by atoms with van der Waals surface area (Å²) in [6, 6.07) is 14.4. The molecule has 0 aliphatic carbocycles. The fourth-order valence-corrected chi connectivity index (χ4v) is 4.15. The molecule has 164 valence electrons. The number of carbonyl (C=O) groups excluding carboxylic acids is 3. The van der Waals surface area contributed by atoms with Crippen LogP contribution in [0.2, 0.25) is 0 Å². The van der Waals surface area contributed by atoms with Crippen molar-refractivity contribution in [1.82, 2.24) is 19.8 Å². The van der Waals surface area contributed by atoms with Gasteiger partial charge in [-0.2, -0.15) is 0 Å². The highest BCUT2D eigenvalue weighted by molar-refractivity contribution is 7.14. The number of rotatable bonds is 6. The lowest BCUT2D eigenvalue weighted by molar-refractivity contribution is -0.138. The van der Waals surface area contributed by atoms with Crippen LogP contribution in [-0.4, -0.2) is 63.7 Å². The van der Waals surface area contributed by atoms with Gasteiger partial charge in [-0.05, 0) is 24.3 Å². The quantitative estimate of drug-likeness (QED) is 0.623. The van der Waals surface area contributed by atoms with Crippen LogP contribution < -0.4 is 5.32 Å². The lowest BCUT2D eigenvalue weighted by atomic mass is 10.2. The second-order valence-corrected chi connectivity index (χ2v) is 8.26. The topological polar surface area (TPSA) is 95.5 Å². The maximum absolute atomic E-state index is 12.7. The van der Waals surface area contributed by atoms with Crippen molar-refractivity contribution >= 4 is 34.2 Å². The van der Waals surface area contributed by atoms with Crippen molar-refractivity contribution in [3.63, 3.8) is 0 Å². The zero-order chi connectivity index (χ0) is 22.3. The van der Waals surface area contributed by atoms with Crippen LogP contribution in [0.25, 0.3) is 0 Å². The van der Waals surface area contributed by atoms with E-state index in [1.807, 2.05) is 24.3 Å². The average Bonchev–Trinajstić information content (AvgIpc) is 3.27. The molecule has 1 saturated heterocycles. The molecule has 3 heterocycles. The van der Waals surface area contributed by atoms with Crippen LogP contribution in [0.3, 0.4) is 0 Å². The summed E-state index contributed by atoms with van der Waals surface area (Å²) in [7, 11) is 0. The average molecular weight is 450 g/mol. The smallest absolute Gasteiger partial charge is 0.257 e. The summed E-state index contributed by atoms with van der Waals surface area (Å²) in [5.74, 6) is -0.244. The molecule has 9 heteroatoms. The Kier molecular flexibility index (Phi) is 6.86. The molecule has 32 heavy (non-hydrogen) atoms. The molecule has 1 aliphatic rings. The standard InChI is InChI=1S/C23H23N5O3S/c29-20(14-18-8-4-5-9-24-18)27-10-12-28(13-11-27)21(30)15-19-16-32-23(25-19)26-22(31)17-6-2-1-3-7-17/h1-9,16H,10-15H2,(H,25,26,31). The van der Waals surface area contributed by atoms with E-state index in [2.05, 4.69) is 15.3 Å². The van der Waals surface area contributed by atoms with Crippen molar-refractivity contribution in [2.45, 2.75) is 12.8 Å². The Morgan fingerprint density at radius 3 is 2.09 bits per heavy atom.